The number of hydrogen-bond acceptors (Lipinski definition) is 4. The minimum Gasteiger partial charge on any atom is -0.476 e. The van der Waals surface area contributed by atoms with Gasteiger partial charge in [0.25, 0.3) is 0 Å². The maximum Gasteiger partial charge on any atom is 0.417 e. The molecule has 0 radical (unpaired) electrons. The maximum atomic E-state index is 12.4. The third kappa shape index (κ3) is 4.74. The Kier molecular flexibility index (Phi) is 5.44. The summed E-state index contributed by atoms with van der Waals surface area (Å²) in [5, 5.41) is 0. The van der Waals surface area contributed by atoms with Crippen molar-refractivity contribution in [1.29, 1.82) is 0 Å². The van der Waals surface area contributed by atoms with Crippen molar-refractivity contribution < 1.29 is 17.9 Å². The van der Waals surface area contributed by atoms with Crippen LogP contribution in [-0.4, -0.2) is 52.3 Å². The average Bonchev–Trinajstić information content (AvgIpc) is 2.41. The molecule has 0 bridgehead atoms. The van der Waals surface area contributed by atoms with Crippen LogP contribution < -0.4 is 4.74 Å². The van der Waals surface area contributed by atoms with E-state index in [9.17, 15) is 13.2 Å². The number of aromatic nitrogens is 1. The Hall–Kier alpha value is -0.610. The molecule has 20 heavy (non-hydrogen) atoms. The number of pyridine rings is 1. The first-order chi connectivity index (χ1) is 9.45. The first kappa shape index (κ1) is 15.8. The fourth-order valence-electron chi connectivity index (χ4n) is 1.86. The second-order valence-electron chi connectivity index (χ2n) is 4.48. The molecule has 0 aromatic carbocycles. The van der Waals surface area contributed by atoms with Crippen LogP contribution in [0.25, 0.3) is 0 Å². The zero-order valence-electron chi connectivity index (χ0n) is 10.7. The van der Waals surface area contributed by atoms with Crippen LogP contribution in [0.2, 0.25) is 0 Å². The van der Waals surface area contributed by atoms with E-state index in [0.29, 0.717) is 6.61 Å². The second kappa shape index (κ2) is 6.90. The summed E-state index contributed by atoms with van der Waals surface area (Å²) in [4.78, 5) is 5.93. The molecule has 1 aromatic heterocycles. The van der Waals surface area contributed by atoms with Gasteiger partial charge in [-0.25, -0.2) is 8.10 Å². The van der Waals surface area contributed by atoms with Gasteiger partial charge in [-0.3, -0.25) is 4.90 Å². The summed E-state index contributed by atoms with van der Waals surface area (Å²) < 4.78 is 44.7. The Bertz CT molecular complexity index is 419. The van der Waals surface area contributed by atoms with Crippen LogP contribution in [0.5, 0.6) is 5.88 Å². The van der Waals surface area contributed by atoms with E-state index in [0.717, 1.165) is 45.0 Å². The second-order valence-corrected chi connectivity index (χ2v) is 5.85. The molecule has 1 aromatic rings. The van der Waals surface area contributed by atoms with Gasteiger partial charge in [-0.2, -0.15) is 13.2 Å². The first-order valence-corrected chi connectivity index (χ1v) is 7.21. The molecule has 2 rings (SSSR count). The van der Waals surface area contributed by atoms with Gasteiger partial charge in [0.1, 0.15) is 6.61 Å². The van der Waals surface area contributed by atoms with E-state index < -0.39 is 11.7 Å². The molecule has 0 spiro atoms. The lowest BCUT2D eigenvalue weighted by Gasteiger charge is -2.30. The lowest BCUT2D eigenvalue weighted by atomic mass is 10.3. The highest BCUT2D eigenvalue weighted by molar-refractivity contribution is 14.1. The zero-order chi connectivity index (χ0) is 14.6. The van der Waals surface area contributed by atoms with Gasteiger partial charge in [-0.1, -0.05) is 0 Å². The summed E-state index contributed by atoms with van der Waals surface area (Å²) in [5.41, 5.74) is -0.761. The van der Waals surface area contributed by atoms with Crippen LogP contribution in [0, 0.1) is 0 Å². The predicted octanol–water partition coefficient (Wildman–Crippen LogP) is 2.45. The number of rotatable bonds is 4. The molecular weight excluding hydrogens is 386 g/mol. The van der Waals surface area contributed by atoms with Crippen molar-refractivity contribution in [3.8, 4) is 5.88 Å². The molecule has 0 saturated carbocycles. The van der Waals surface area contributed by atoms with Gasteiger partial charge in [0.2, 0.25) is 5.88 Å². The Labute approximate surface area is 129 Å². The number of ether oxygens (including phenoxy) is 1. The van der Waals surface area contributed by atoms with Crippen molar-refractivity contribution in [2.45, 2.75) is 6.18 Å². The van der Waals surface area contributed by atoms with Crippen LogP contribution >= 0.6 is 22.9 Å². The van der Waals surface area contributed by atoms with Crippen LogP contribution in [0.15, 0.2) is 18.3 Å². The van der Waals surface area contributed by atoms with Crippen molar-refractivity contribution in [2.24, 2.45) is 0 Å². The van der Waals surface area contributed by atoms with E-state index in [1.54, 1.807) is 0 Å². The summed E-state index contributed by atoms with van der Waals surface area (Å²) in [7, 11) is 0. The van der Waals surface area contributed by atoms with Crippen molar-refractivity contribution in [3.05, 3.63) is 23.9 Å². The van der Waals surface area contributed by atoms with Crippen LogP contribution in [0.3, 0.4) is 0 Å². The SMILES string of the molecule is FC(F)(F)c1ccc(OCCN2CCN(I)CC2)nc1. The Morgan fingerprint density at radius 1 is 1.20 bits per heavy atom. The monoisotopic (exact) mass is 401 g/mol. The highest BCUT2D eigenvalue weighted by atomic mass is 127. The van der Waals surface area contributed by atoms with E-state index in [2.05, 4.69) is 35.9 Å². The molecular formula is C12H15F3IN3O. The van der Waals surface area contributed by atoms with E-state index >= 15 is 0 Å². The zero-order valence-corrected chi connectivity index (χ0v) is 12.9. The van der Waals surface area contributed by atoms with Gasteiger partial charge in [0.05, 0.1) is 5.56 Å². The predicted molar refractivity (Wildman–Crippen MR) is 76.8 cm³/mol. The van der Waals surface area contributed by atoms with E-state index in [1.807, 2.05) is 0 Å². The summed E-state index contributed by atoms with van der Waals surface area (Å²) >= 11 is 2.30. The molecule has 1 aliphatic rings. The van der Waals surface area contributed by atoms with Crippen LogP contribution in [-0.2, 0) is 6.18 Å². The molecule has 0 amide bonds. The van der Waals surface area contributed by atoms with Crippen molar-refractivity contribution >= 4 is 22.9 Å². The molecule has 112 valence electrons. The number of hydrogen-bond donors (Lipinski definition) is 0. The van der Waals surface area contributed by atoms with Crippen LogP contribution in [0.1, 0.15) is 5.56 Å². The summed E-state index contributed by atoms with van der Waals surface area (Å²) in [6.07, 6.45) is -3.56. The fraction of sp³-hybridized carbons (Fsp3) is 0.583. The topological polar surface area (TPSA) is 28.6 Å². The number of halogens is 4. The molecule has 4 nitrogen and oxygen atoms in total. The molecule has 8 heteroatoms. The normalized spacial score (nSPS) is 18.2. The van der Waals surface area contributed by atoms with Crippen LogP contribution in [0.4, 0.5) is 13.2 Å². The van der Waals surface area contributed by atoms with Gasteiger partial charge in [0.15, 0.2) is 0 Å². The molecule has 0 N–H and O–H groups in total. The van der Waals surface area contributed by atoms with Gasteiger partial charge < -0.3 is 4.74 Å². The smallest absolute Gasteiger partial charge is 0.417 e. The van der Waals surface area contributed by atoms with E-state index in [-0.39, 0.29) is 5.88 Å². The number of nitrogens with zero attached hydrogens (tertiary/aromatic N) is 3. The minimum atomic E-state index is -4.36. The highest BCUT2D eigenvalue weighted by Crippen LogP contribution is 2.29. The fourth-order valence-corrected chi connectivity index (χ4v) is 2.29. The van der Waals surface area contributed by atoms with E-state index in [1.165, 1.54) is 6.07 Å². The Balaban J connectivity index is 1.74. The lowest BCUT2D eigenvalue weighted by Crippen LogP contribution is -2.43. The summed E-state index contributed by atoms with van der Waals surface area (Å²) in [6.45, 7) is 5.17. The quantitative estimate of drug-likeness (QED) is 0.573. The van der Waals surface area contributed by atoms with Crippen molar-refractivity contribution in [1.82, 2.24) is 13.0 Å². The average molecular weight is 401 g/mol. The summed E-state index contributed by atoms with van der Waals surface area (Å²) in [6, 6.07) is 2.24. The molecule has 0 unspecified atom stereocenters. The van der Waals surface area contributed by atoms with Gasteiger partial charge in [-0.15, -0.1) is 0 Å². The molecule has 1 saturated heterocycles. The third-order valence-corrected chi connectivity index (χ3v) is 4.00. The minimum absolute atomic E-state index is 0.227. The third-order valence-electron chi connectivity index (χ3n) is 3.04. The molecule has 1 aliphatic heterocycles. The van der Waals surface area contributed by atoms with E-state index in [4.69, 9.17) is 4.74 Å². The molecule has 0 atom stereocenters. The number of piperazine rings is 1. The van der Waals surface area contributed by atoms with Gasteiger partial charge >= 0.3 is 6.18 Å². The van der Waals surface area contributed by atoms with Gasteiger partial charge in [0, 0.05) is 67.9 Å². The van der Waals surface area contributed by atoms with Crippen molar-refractivity contribution in [2.75, 3.05) is 39.3 Å². The molecule has 2 heterocycles. The highest BCUT2D eigenvalue weighted by Gasteiger charge is 2.30. The standard InChI is InChI=1S/C12H15F3IN3O/c13-12(14,15)10-1-2-11(17-9-10)20-8-7-18-3-5-19(16)6-4-18/h1-2,9H,3-8H2. The van der Waals surface area contributed by atoms with Crippen molar-refractivity contribution in [3.63, 3.8) is 0 Å². The Morgan fingerprint density at radius 2 is 1.90 bits per heavy atom. The first-order valence-electron chi connectivity index (χ1n) is 6.24. The lowest BCUT2D eigenvalue weighted by molar-refractivity contribution is -0.137. The number of alkyl halides is 3. The maximum absolute atomic E-state index is 12.4. The van der Waals surface area contributed by atoms with Gasteiger partial charge in [-0.05, 0) is 6.07 Å². The largest absolute Gasteiger partial charge is 0.476 e. The Morgan fingerprint density at radius 3 is 2.45 bits per heavy atom. The molecule has 1 fully saturated rings. The summed E-state index contributed by atoms with van der Waals surface area (Å²) in [5.74, 6) is 0.227. The molecule has 0 aliphatic carbocycles.